The number of carbonyl (C=O) groups is 1. The van der Waals surface area contributed by atoms with Crippen molar-refractivity contribution in [3.8, 4) is 0 Å². The summed E-state index contributed by atoms with van der Waals surface area (Å²) in [6, 6.07) is 0. The van der Waals surface area contributed by atoms with E-state index < -0.39 is 22.4 Å². The fraction of sp³-hybridized carbons (Fsp3) is 0.875. The molecule has 1 fully saturated rings. The van der Waals surface area contributed by atoms with E-state index in [1.807, 2.05) is 0 Å². The van der Waals surface area contributed by atoms with Crippen molar-refractivity contribution < 1.29 is 23.1 Å². The minimum Gasteiger partial charge on any atom is -0.452 e. The van der Waals surface area contributed by atoms with E-state index in [0.29, 0.717) is 6.42 Å². The molecule has 1 amide bonds. The van der Waals surface area contributed by atoms with Crippen LogP contribution in [0.15, 0.2) is 0 Å². The minimum absolute atomic E-state index is 0.0887. The van der Waals surface area contributed by atoms with Crippen molar-refractivity contribution in [1.29, 1.82) is 0 Å². The molecule has 0 aliphatic heterocycles. The second-order valence-electron chi connectivity index (χ2n) is 3.70. The number of nitrogens with one attached hydrogen (secondary N) is 2. The van der Waals surface area contributed by atoms with Crippen LogP contribution in [0.5, 0.6) is 0 Å². The first kappa shape index (κ1) is 13.2. The molecular formula is C8H16N2O5S. The standard InChI is InChI=1S/C8H16N2O5S/c1-15-8(12)10-16(13,14)9-5-6-3-2-4-7(6)11/h6-7,9,11H,2-5H2,1H3,(H,10,12). The highest BCUT2D eigenvalue weighted by atomic mass is 32.2. The summed E-state index contributed by atoms with van der Waals surface area (Å²) in [6.45, 7) is 0.119. The molecule has 1 aliphatic rings. The van der Waals surface area contributed by atoms with Crippen LogP contribution in [-0.2, 0) is 14.9 Å². The third-order valence-corrected chi connectivity index (χ3v) is 3.54. The van der Waals surface area contributed by atoms with E-state index in [2.05, 4.69) is 9.46 Å². The Labute approximate surface area is 94.4 Å². The minimum atomic E-state index is -3.89. The van der Waals surface area contributed by atoms with Crippen LogP contribution in [0.1, 0.15) is 19.3 Å². The Balaban J connectivity index is 2.38. The Kier molecular flexibility index (Phi) is 4.51. The third kappa shape index (κ3) is 3.95. The third-order valence-electron chi connectivity index (χ3n) is 2.56. The topological polar surface area (TPSA) is 105 Å². The molecule has 2 atom stereocenters. The van der Waals surface area contributed by atoms with E-state index >= 15 is 0 Å². The van der Waals surface area contributed by atoms with Crippen molar-refractivity contribution in [2.45, 2.75) is 25.4 Å². The van der Waals surface area contributed by atoms with Crippen LogP contribution in [0.2, 0.25) is 0 Å². The van der Waals surface area contributed by atoms with Gasteiger partial charge in [-0.3, -0.25) is 0 Å². The Bertz CT molecular complexity index is 342. The van der Waals surface area contributed by atoms with Gasteiger partial charge in [-0.25, -0.2) is 9.52 Å². The van der Waals surface area contributed by atoms with Gasteiger partial charge < -0.3 is 9.84 Å². The molecule has 7 nitrogen and oxygen atoms in total. The summed E-state index contributed by atoms with van der Waals surface area (Å²) >= 11 is 0. The number of aliphatic hydroxyl groups is 1. The summed E-state index contributed by atoms with van der Waals surface area (Å²) in [5.74, 6) is -0.0887. The van der Waals surface area contributed by atoms with Gasteiger partial charge in [0.25, 0.3) is 0 Å². The van der Waals surface area contributed by atoms with Gasteiger partial charge in [-0.15, -0.1) is 0 Å². The van der Waals surface area contributed by atoms with Crippen molar-refractivity contribution in [2.75, 3.05) is 13.7 Å². The molecular weight excluding hydrogens is 236 g/mol. The summed E-state index contributed by atoms with van der Waals surface area (Å²) in [4.78, 5) is 10.7. The van der Waals surface area contributed by atoms with E-state index in [0.717, 1.165) is 20.0 Å². The van der Waals surface area contributed by atoms with Crippen molar-refractivity contribution in [3.05, 3.63) is 0 Å². The summed E-state index contributed by atoms with van der Waals surface area (Å²) in [6.07, 6.45) is 0.844. The van der Waals surface area contributed by atoms with E-state index in [4.69, 9.17) is 0 Å². The molecule has 0 bridgehead atoms. The molecule has 2 unspecified atom stereocenters. The van der Waals surface area contributed by atoms with Gasteiger partial charge in [0.2, 0.25) is 0 Å². The lowest BCUT2D eigenvalue weighted by atomic mass is 10.1. The lowest BCUT2D eigenvalue weighted by Gasteiger charge is -2.15. The molecule has 0 radical (unpaired) electrons. The SMILES string of the molecule is COC(=O)NS(=O)(=O)NCC1CCCC1O. The van der Waals surface area contributed by atoms with Crippen molar-refractivity contribution >= 4 is 16.3 Å². The van der Waals surface area contributed by atoms with Gasteiger partial charge in [-0.2, -0.15) is 13.1 Å². The fourth-order valence-electron chi connectivity index (χ4n) is 1.66. The van der Waals surface area contributed by atoms with Crippen LogP contribution in [0.25, 0.3) is 0 Å². The second kappa shape index (κ2) is 5.46. The fourth-order valence-corrected chi connectivity index (χ4v) is 2.47. The molecule has 0 heterocycles. The van der Waals surface area contributed by atoms with Crippen LogP contribution >= 0.6 is 0 Å². The average molecular weight is 252 g/mol. The van der Waals surface area contributed by atoms with E-state index in [-0.39, 0.29) is 12.5 Å². The molecule has 94 valence electrons. The lowest BCUT2D eigenvalue weighted by Crippen LogP contribution is -2.42. The molecule has 0 aromatic carbocycles. The maximum atomic E-state index is 11.3. The number of amides is 1. The second-order valence-corrected chi connectivity index (χ2v) is 5.20. The smallest absolute Gasteiger partial charge is 0.421 e. The number of hydrogen-bond acceptors (Lipinski definition) is 5. The number of methoxy groups -OCH3 is 1. The first-order valence-corrected chi connectivity index (χ1v) is 6.46. The van der Waals surface area contributed by atoms with E-state index in [9.17, 15) is 18.3 Å². The maximum absolute atomic E-state index is 11.3. The number of hydrogen-bond donors (Lipinski definition) is 3. The largest absolute Gasteiger partial charge is 0.452 e. The quantitative estimate of drug-likeness (QED) is 0.616. The van der Waals surface area contributed by atoms with Gasteiger partial charge in [0.15, 0.2) is 0 Å². The molecule has 3 N–H and O–H groups in total. The van der Waals surface area contributed by atoms with Crippen molar-refractivity contribution in [3.63, 3.8) is 0 Å². The van der Waals surface area contributed by atoms with Crippen LogP contribution < -0.4 is 9.44 Å². The highest BCUT2D eigenvalue weighted by Crippen LogP contribution is 2.24. The molecule has 1 aliphatic carbocycles. The monoisotopic (exact) mass is 252 g/mol. The summed E-state index contributed by atoms with van der Waals surface area (Å²) in [7, 11) is -2.81. The normalized spacial score (nSPS) is 25.4. The first-order valence-electron chi connectivity index (χ1n) is 4.98. The molecule has 0 spiro atoms. The summed E-state index contributed by atoms with van der Waals surface area (Å²) < 4.78 is 30.5. The molecule has 8 heteroatoms. The Morgan fingerprint density at radius 2 is 2.19 bits per heavy atom. The van der Waals surface area contributed by atoms with Crippen LogP contribution in [0, 0.1) is 5.92 Å². The zero-order valence-corrected chi connectivity index (χ0v) is 9.79. The van der Waals surface area contributed by atoms with Gasteiger partial charge in [0.05, 0.1) is 13.2 Å². The molecule has 1 saturated carbocycles. The average Bonchev–Trinajstić information content (AvgIpc) is 2.60. The van der Waals surface area contributed by atoms with Gasteiger partial charge in [-0.05, 0) is 18.8 Å². The van der Waals surface area contributed by atoms with Gasteiger partial charge in [0, 0.05) is 6.54 Å². The molecule has 0 saturated heterocycles. The zero-order chi connectivity index (χ0) is 12.2. The highest BCUT2D eigenvalue weighted by molar-refractivity contribution is 7.88. The molecule has 1 rings (SSSR count). The molecule has 16 heavy (non-hydrogen) atoms. The maximum Gasteiger partial charge on any atom is 0.421 e. The predicted octanol–water partition coefficient (Wildman–Crippen LogP) is -0.662. The predicted molar refractivity (Wildman–Crippen MR) is 55.8 cm³/mol. The lowest BCUT2D eigenvalue weighted by molar-refractivity contribution is 0.134. The van der Waals surface area contributed by atoms with Crippen LogP contribution in [-0.4, -0.2) is 39.4 Å². The van der Waals surface area contributed by atoms with Crippen LogP contribution in [0.3, 0.4) is 0 Å². The molecule has 0 aromatic heterocycles. The van der Waals surface area contributed by atoms with Gasteiger partial charge >= 0.3 is 16.3 Å². The van der Waals surface area contributed by atoms with Gasteiger partial charge in [0.1, 0.15) is 0 Å². The van der Waals surface area contributed by atoms with Gasteiger partial charge in [-0.1, -0.05) is 6.42 Å². The number of carbonyl (C=O) groups excluding carboxylic acids is 1. The Morgan fingerprint density at radius 3 is 2.69 bits per heavy atom. The summed E-state index contributed by atoms with van der Waals surface area (Å²) in [5.41, 5.74) is 0. The van der Waals surface area contributed by atoms with Crippen molar-refractivity contribution in [2.24, 2.45) is 5.92 Å². The Morgan fingerprint density at radius 1 is 1.50 bits per heavy atom. The zero-order valence-electron chi connectivity index (χ0n) is 8.97. The van der Waals surface area contributed by atoms with Crippen molar-refractivity contribution in [1.82, 2.24) is 9.44 Å². The van der Waals surface area contributed by atoms with Crippen LogP contribution in [0.4, 0.5) is 4.79 Å². The number of aliphatic hydroxyl groups excluding tert-OH is 1. The number of ether oxygens (including phenoxy) is 1. The first-order chi connectivity index (χ1) is 7.44. The number of rotatable bonds is 4. The highest BCUT2D eigenvalue weighted by Gasteiger charge is 2.26. The molecule has 0 aromatic rings. The summed E-state index contributed by atoms with van der Waals surface area (Å²) in [5, 5.41) is 9.47. The Hall–Kier alpha value is -0.860. The van der Waals surface area contributed by atoms with E-state index in [1.54, 1.807) is 4.72 Å². The van der Waals surface area contributed by atoms with E-state index in [1.165, 1.54) is 0 Å².